The van der Waals surface area contributed by atoms with Gasteiger partial charge in [-0.2, -0.15) is 0 Å². The van der Waals surface area contributed by atoms with E-state index in [1.54, 1.807) is 0 Å². The van der Waals surface area contributed by atoms with Gasteiger partial charge in [-0.3, -0.25) is 0 Å². The largest absolute Gasteiger partial charge is 0.309 e. The predicted octanol–water partition coefficient (Wildman–Crippen LogP) is 13.9. The fourth-order valence-electron chi connectivity index (χ4n) is 7.87. The third kappa shape index (κ3) is 5.20. The highest BCUT2D eigenvalue weighted by Crippen LogP contribution is 2.42. The minimum Gasteiger partial charge on any atom is -0.309 e. The Morgan fingerprint density at radius 3 is 1.44 bits per heavy atom. The SMILES string of the molecule is CC.c1ccc(-c2cc(-c3ccccc3)cc(-n3c4ccccc4c4c(-c5ccc6c(c5)c5ccccc5n6-c5ccccc5)cccc43)c2)cc1. The number of para-hydroxylation sites is 3. The van der Waals surface area contributed by atoms with Crippen LogP contribution >= 0.6 is 0 Å². The van der Waals surface area contributed by atoms with E-state index in [-0.39, 0.29) is 0 Å². The summed E-state index contributed by atoms with van der Waals surface area (Å²) in [5.74, 6) is 0. The van der Waals surface area contributed by atoms with Gasteiger partial charge in [0.1, 0.15) is 0 Å². The summed E-state index contributed by atoms with van der Waals surface area (Å²) >= 11 is 0. The number of benzene rings is 8. The zero-order valence-corrected chi connectivity index (χ0v) is 29.4. The Bertz CT molecular complexity index is 2780. The molecule has 0 unspecified atom stereocenters. The van der Waals surface area contributed by atoms with Crippen LogP contribution in [0.15, 0.2) is 194 Å². The van der Waals surface area contributed by atoms with Gasteiger partial charge in [-0.15, -0.1) is 0 Å². The maximum absolute atomic E-state index is 2.45. The molecule has 10 aromatic rings. The molecule has 248 valence electrons. The number of fused-ring (bicyclic) bond motifs is 6. The van der Waals surface area contributed by atoms with Crippen LogP contribution in [0.3, 0.4) is 0 Å². The highest BCUT2D eigenvalue weighted by Gasteiger charge is 2.19. The molecule has 10 rings (SSSR count). The Kier molecular flexibility index (Phi) is 7.98. The van der Waals surface area contributed by atoms with Crippen LogP contribution in [0.5, 0.6) is 0 Å². The Morgan fingerprint density at radius 2 is 0.788 bits per heavy atom. The molecule has 2 heterocycles. The third-order valence-corrected chi connectivity index (χ3v) is 10.1. The monoisotopic (exact) mass is 666 g/mol. The van der Waals surface area contributed by atoms with E-state index in [1.165, 1.54) is 82.7 Å². The summed E-state index contributed by atoms with van der Waals surface area (Å²) in [7, 11) is 0. The standard InChI is InChI=1S/C48H32N2.C2H6/c1-4-15-33(16-5-1)36-29-37(34-17-6-2-7-18-34)31-39(30-36)50-45-25-13-11-22-42(45)48-40(23-14-26-47(48)50)35-27-28-46-43(32-35)41-21-10-12-24-44(41)49(46)38-19-8-3-9-20-38;1-2/h1-32H;1-2H3. The summed E-state index contributed by atoms with van der Waals surface area (Å²) in [6.07, 6.45) is 0. The fourth-order valence-corrected chi connectivity index (χ4v) is 7.87. The van der Waals surface area contributed by atoms with Gasteiger partial charge < -0.3 is 9.13 Å². The van der Waals surface area contributed by atoms with Crippen molar-refractivity contribution in [3.8, 4) is 44.8 Å². The van der Waals surface area contributed by atoms with Crippen LogP contribution in [0.1, 0.15) is 13.8 Å². The van der Waals surface area contributed by atoms with Crippen molar-refractivity contribution < 1.29 is 0 Å². The number of rotatable bonds is 5. The fraction of sp³-hybridized carbons (Fsp3) is 0.0400. The number of hydrogen-bond acceptors (Lipinski definition) is 0. The first-order valence-electron chi connectivity index (χ1n) is 18.2. The average Bonchev–Trinajstić information content (AvgIpc) is 3.75. The van der Waals surface area contributed by atoms with Crippen molar-refractivity contribution in [3.05, 3.63) is 194 Å². The van der Waals surface area contributed by atoms with Crippen molar-refractivity contribution in [3.63, 3.8) is 0 Å². The molecule has 0 amide bonds. The molecule has 2 heteroatoms. The highest BCUT2D eigenvalue weighted by molar-refractivity contribution is 6.17. The molecule has 0 spiro atoms. The van der Waals surface area contributed by atoms with Crippen LogP contribution in [-0.2, 0) is 0 Å². The molecule has 2 nitrogen and oxygen atoms in total. The lowest BCUT2D eigenvalue weighted by atomic mass is 9.97. The molecule has 0 aliphatic rings. The van der Waals surface area contributed by atoms with Crippen molar-refractivity contribution in [2.45, 2.75) is 13.8 Å². The summed E-state index contributed by atoms with van der Waals surface area (Å²) < 4.78 is 4.83. The lowest BCUT2D eigenvalue weighted by molar-refractivity contribution is 1.18. The lowest BCUT2D eigenvalue weighted by Gasteiger charge is -2.14. The molecule has 0 atom stereocenters. The summed E-state index contributed by atoms with van der Waals surface area (Å²) in [5, 5.41) is 5.02. The van der Waals surface area contributed by atoms with E-state index in [2.05, 4.69) is 203 Å². The second-order valence-corrected chi connectivity index (χ2v) is 13.0. The highest BCUT2D eigenvalue weighted by atomic mass is 15.0. The molecule has 0 saturated heterocycles. The zero-order valence-electron chi connectivity index (χ0n) is 29.4. The number of hydrogen-bond donors (Lipinski definition) is 0. The Morgan fingerprint density at radius 1 is 0.288 bits per heavy atom. The normalized spacial score (nSPS) is 11.3. The van der Waals surface area contributed by atoms with Crippen molar-refractivity contribution in [2.24, 2.45) is 0 Å². The van der Waals surface area contributed by atoms with Crippen LogP contribution in [0.25, 0.3) is 88.4 Å². The summed E-state index contributed by atoms with van der Waals surface area (Å²) in [5.41, 5.74) is 14.4. The Balaban J connectivity index is 0.00000177. The second kappa shape index (κ2) is 13.2. The molecular formula is C50H38N2. The molecule has 0 aliphatic heterocycles. The zero-order chi connectivity index (χ0) is 35.0. The third-order valence-electron chi connectivity index (χ3n) is 10.1. The quantitative estimate of drug-likeness (QED) is 0.173. The summed E-state index contributed by atoms with van der Waals surface area (Å²) in [6.45, 7) is 4.00. The molecule has 8 aromatic carbocycles. The number of nitrogens with zero attached hydrogens (tertiary/aromatic N) is 2. The Labute approximate surface area is 304 Å². The van der Waals surface area contributed by atoms with E-state index < -0.39 is 0 Å². The van der Waals surface area contributed by atoms with Gasteiger partial charge in [0.05, 0.1) is 22.1 Å². The first-order valence-corrected chi connectivity index (χ1v) is 18.2. The van der Waals surface area contributed by atoms with Crippen LogP contribution in [0, 0.1) is 0 Å². The maximum Gasteiger partial charge on any atom is 0.0547 e. The predicted molar refractivity (Wildman–Crippen MR) is 223 cm³/mol. The molecular weight excluding hydrogens is 629 g/mol. The molecule has 0 fully saturated rings. The van der Waals surface area contributed by atoms with Gasteiger partial charge in [-0.1, -0.05) is 147 Å². The van der Waals surface area contributed by atoms with Gasteiger partial charge in [-0.25, -0.2) is 0 Å². The maximum atomic E-state index is 2.45. The smallest absolute Gasteiger partial charge is 0.0547 e. The van der Waals surface area contributed by atoms with Crippen molar-refractivity contribution in [2.75, 3.05) is 0 Å². The van der Waals surface area contributed by atoms with Gasteiger partial charge in [0.25, 0.3) is 0 Å². The summed E-state index contributed by atoms with van der Waals surface area (Å²) in [4.78, 5) is 0. The van der Waals surface area contributed by atoms with E-state index >= 15 is 0 Å². The minimum absolute atomic E-state index is 1.15. The van der Waals surface area contributed by atoms with Gasteiger partial charge in [0.2, 0.25) is 0 Å². The van der Waals surface area contributed by atoms with Gasteiger partial charge >= 0.3 is 0 Å². The molecule has 52 heavy (non-hydrogen) atoms. The molecule has 0 radical (unpaired) electrons. The van der Waals surface area contributed by atoms with Crippen molar-refractivity contribution in [1.82, 2.24) is 9.13 Å². The molecule has 0 N–H and O–H groups in total. The van der Waals surface area contributed by atoms with E-state index in [4.69, 9.17) is 0 Å². The van der Waals surface area contributed by atoms with E-state index in [9.17, 15) is 0 Å². The molecule has 0 saturated carbocycles. The minimum atomic E-state index is 1.15. The first kappa shape index (κ1) is 31.3. The molecule has 2 aromatic heterocycles. The Hall–Kier alpha value is -6.64. The van der Waals surface area contributed by atoms with Crippen LogP contribution < -0.4 is 0 Å². The van der Waals surface area contributed by atoms with Crippen molar-refractivity contribution >= 4 is 43.6 Å². The van der Waals surface area contributed by atoms with E-state index in [0.29, 0.717) is 0 Å². The topological polar surface area (TPSA) is 9.86 Å². The van der Waals surface area contributed by atoms with Crippen LogP contribution in [0.4, 0.5) is 0 Å². The van der Waals surface area contributed by atoms with Gasteiger partial charge in [0, 0.05) is 32.9 Å². The van der Waals surface area contributed by atoms with Gasteiger partial charge in [-0.05, 0) is 94.0 Å². The second-order valence-electron chi connectivity index (χ2n) is 13.0. The molecule has 0 aliphatic carbocycles. The van der Waals surface area contributed by atoms with E-state index in [1.807, 2.05) is 13.8 Å². The van der Waals surface area contributed by atoms with Crippen LogP contribution in [-0.4, -0.2) is 9.13 Å². The van der Waals surface area contributed by atoms with Crippen LogP contribution in [0.2, 0.25) is 0 Å². The van der Waals surface area contributed by atoms with Crippen molar-refractivity contribution in [1.29, 1.82) is 0 Å². The first-order chi connectivity index (χ1) is 25.8. The van der Waals surface area contributed by atoms with Gasteiger partial charge in [0.15, 0.2) is 0 Å². The average molecular weight is 667 g/mol. The van der Waals surface area contributed by atoms with E-state index in [0.717, 1.165) is 5.69 Å². The molecule has 0 bridgehead atoms. The lowest BCUT2D eigenvalue weighted by Crippen LogP contribution is -1.96. The summed E-state index contributed by atoms with van der Waals surface area (Å²) in [6, 6.07) is 70.4. The number of aromatic nitrogens is 2.